The molecular weight excluding hydrogens is 620 g/mol. The SMILES string of the molecule is CCCCCCCCCCCCN1C(=O)c2ccc3c4ccc5c6c(c(CCCC)cc(c7ccc(c2c37)C1=O)c64)C(=O)N(CCCC)C5=O. The second kappa shape index (κ2) is 14.5. The summed E-state index contributed by atoms with van der Waals surface area (Å²) in [6.45, 7) is 7.30. The fourth-order valence-corrected chi connectivity index (χ4v) is 8.58. The fourth-order valence-electron chi connectivity index (χ4n) is 8.58. The summed E-state index contributed by atoms with van der Waals surface area (Å²) in [6, 6.07) is 13.8. The van der Waals surface area contributed by atoms with Gasteiger partial charge in [-0.15, -0.1) is 0 Å². The third-order valence-electron chi connectivity index (χ3n) is 11.3. The Morgan fingerprint density at radius 3 is 1.42 bits per heavy atom. The van der Waals surface area contributed by atoms with E-state index >= 15 is 0 Å². The maximum Gasteiger partial charge on any atom is 0.261 e. The lowest BCUT2D eigenvalue weighted by atomic mass is 9.80. The van der Waals surface area contributed by atoms with Crippen LogP contribution in [0, 0.1) is 0 Å². The molecule has 0 unspecified atom stereocenters. The molecule has 4 amide bonds. The smallest absolute Gasteiger partial charge is 0.261 e. The van der Waals surface area contributed by atoms with E-state index in [9.17, 15) is 19.2 Å². The maximum absolute atomic E-state index is 14.1. The van der Waals surface area contributed by atoms with Crippen LogP contribution in [0.5, 0.6) is 0 Å². The number of unbranched alkanes of at least 4 members (excludes halogenated alkanes) is 11. The van der Waals surface area contributed by atoms with Crippen LogP contribution in [-0.4, -0.2) is 46.5 Å². The summed E-state index contributed by atoms with van der Waals surface area (Å²) in [5, 5.41) is 7.10. The second-order valence-electron chi connectivity index (χ2n) is 14.6. The van der Waals surface area contributed by atoms with Crippen molar-refractivity contribution < 1.29 is 19.2 Å². The van der Waals surface area contributed by atoms with Crippen LogP contribution in [0.2, 0.25) is 0 Å². The van der Waals surface area contributed by atoms with Crippen molar-refractivity contribution in [1.29, 1.82) is 0 Å². The molecular formula is C44H50N2O4. The van der Waals surface area contributed by atoms with Crippen molar-refractivity contribution in [1.82, 2.24) is 9.80 Å². The molecule has 0 aromatic heterocycles. The van der Waals surface area contributed by atoms with Gasteiger partial charge in [-0.1, -0.05) is 110 Å². The van der Waals surface area contributed by atoms with Gasteiger partial charge < -0.3 is 0 Å². The zero-order valence-corrected chi connectivity index (χ0v) is 30.1. The Hall–Kier alpha value is -4.32. The number of fused-ring (bicyclic) bond motifs is 2. The number of nitrogens with zero attached hydrogens (tertiary/aromatic N) is 2. The first kappa shape index (κ1) is 34.1. The molecule has 0 N–H and O–H groups in total. The Bertz CT molecular complexity index is 2110. The lowest BCUT2D eigenvalue weighted by molar-refractivity contribution is 0.0592. The van der Waals surface area contributed by atoms with Gasteiger partial charge in [0.15, 0.2) is 0 Å². The van der Waals surface area contributed by atoms with Crippen LogP contribution in [-0.2, 0) is 6.42 Å². The van der Waals surface area contributed by atoms with Crippen molar-refractivity contribution in [3.05, 3.63) is 70.3 Å². The van der Waals surface area contributed by atoms with E-state index in [0.717, 1.165) is 100 Å². The molecule has 0 bridgehead atoms. The molecule has 0 saturated heterocycles. The minimum Gasteiger partial charge on any atom is -0.274 e. The summed E-state index contributed by atoms with van der Waals surface area (Å²) in [7, 11) is 0. The molecule has 0 fully saturated rings. The third-order valence-corrected chi connectivity index (χ3v) is 11.3. The summed E-state index contributed by atoms with van der Waals surface area (Å²) in [6.07, 6.45) is 16.3. The van der Waals surface area contributed by atoms with Gasteiger partial charge in [0.1, 0.15) is 0 Å². The normalized spacial score (nSPS) is 14.5. The average Bonchev–Trinajstić information content (AvgIpc) is 3.13. The molecule has 6 heteroatoms. The molecule has 5 aromatic rings. The van der Waals surface area contributed by atoms with E-state index in [1.807, 2.05) is 36.4 Å². The van der Waals surface area contributed by atoms with Gasteiger partial charge in [0.25, 0.3) is 23.6 Å². The number of carbonyl (C=O) groups excluding carboxylic acids is 4. The largest absolute Gasteiger partial charge is 0.274 e. The standard InChI is InChI=1S/C44H50N2O4/c1-4-7-10-11-12-13-14-15-16-17-26-45-41(47)32-22-19-29-30-20-24-34-40-36(44(50)46(43(34)49)25-9-6-3)28(18-8-5-2)27-35(38(30)40)31-21-23-33(42(45)48)39(32)37(29)31/h19-24,27H,4-18,25-26H2,1-3H3. The highest BCUT2D eigenvalue weighted by Crippen LogP contribution is 2.47. The van der Waals surface area contributed by atoms with Crippen LogP contribution in [0.3, 0.4) is 0 Å². The van der Waals surface area contributed by atoms with Crippen molar-refractivity contribution in [2.24, 2.45) is 0 Å². The summed E-state index contributed by atoms with van der Waals surface area (Å²) in [5.74, 6) is -0.855. The highest BCUT2D eigenvalue weighted by molar-refractivity contribution is 6.41. The zero-order chi connectivity index (χ0) is 34.9. The summed E-state index contributed by atoms with van der Waals surface area (Å²) in [4.78, 5) is 58.8. The highest BCUT2D eigenvalue weighted by atomic mass is 16.2. The number of rotatable bonds is 17. The topological polar surface area (TPSA) is 74.8 Å². The van der Waals surface area contributed by atoms with Crippen LogP contribution >= 0.6 is 0 Å². The van der Waals surface area contributed by atoms with Crippen molar-refractivity contribution in [3.8, 4) is 0 Å². The molecule has 2 aliphatic rings. The molecule has 2 aliphatic heterocycles. The van der Waals surface area contributed by atoms with Crippen molar-refractivity contribution in [2.45, 2.75) is 117 Å². The average molecular weight is 671 g/mol. The van der Waals surface area contributed by atoms with Crippen molar-refractivity contribution >= 4 is 66.7 Å². The van der Waals surface area contributed by atoms with E-state index in [0.29, 0.717) is 35.3 Å². The minimum absolute atomic E-state index is 0.194. The van der Waals surface area contributed by atoms with E-state index in [4.69, 9.17) is 0 Å². The molecule has 2 heterocycles. The van der Waals surface area contributed by atoms with E-state index < -0.39 is 0 Å². The number of hydrogen-bond donors (Lipinski definition) is 0. The van der Waals surface area contributed by atoms with Crippen LogP contribution in [0.25, 0.3) is 43.1 Å². The first-order valence-corrected chi connectivity index (χ1v) is 19.4. The van der Waals surface area contributed by atoms with Gasteiger partial charge in [-0.3, -0.25) is 29.0 Å². The minimum atomic E-state index is -0.226. The Morgan fingerprint density at radius 1 is 0.420 bits per heavy atom. The predicted molar refractivity (Wildman–Crippen MR) is 204 cm³/mol. The van der Waals surface area contributed by atoms with Gasteiger partial charge in [0.05, 0.1) is 5.56 Å². The first-order chi connectivity index (χ1) is 24.4. The van der Waals surface area contributed by atoms with Crippen LogP contribution in [0.4, 0.5) is 0 Å². The zero-order valence-electron chi connectivity index (χ0n) is 30.1. The number of aryl methyl sites for hydroxylation is 1. The maximum atomic E-state index is 14.1. The van der Waals surface area contributed by atoms with Gasteiger partial charge in [-0.2, -0.15) is 0 Å². The monoisotopic (exact) mass is 670 g/mol. The predicted octanol–water partition coefficient (Wildman–Crippen LogP) is 11.0. The molecule has 0 aliphatic carbocycles. The molecule has 6 nitrogen and oxygen atoms in total. The molecule has 0 radical (unpaired) electrons. The molecule has 5 aromatic carbocycles. The van der Waals surface area contributed by atoms with Crippen LogP contribution in [0.1, 0.15) is 158 Å². The molecule has 7 rings (SSSR count). The van der Waals surface area contributed by atoms with Gasteiger partial charge >= 0.3 is 0 Å². The third kappa shape index (κ3) is 5.65. The van der Waals surface area contributed by atoms with Gasteiger partial charge in [0, 0.05) is 40.6 Å². The first-order valence-electron chi connectivity index (χ1n) is 19.4. The summed E-state index contributed by atoms with van der Waals surface area (Å²) >= 11 is 0. The number of hydrogen-bond acceptors (Lipinski definition) is 4. The Kier molecular flexibility index (Phi) is 9.90. The summed E-state index contributed by atoms with van der Waals surface area (Å²) < 4.78 is 0. The van der Waals surface area contributed by atoms with Crippen molar-refractivity contribution in [2.75, 3.05) is 13.1 Å². The van der Waals surface area contributed by atoms with Crippen LogP contribution in [0.15, 0.2) is 42.5 Å². The van der Waals surface area contributed by atoms with Crippen LogP contribution < -0.4 is 0 Å². The molecule has 0 saturated carbocycles. The quantitative estimate of drug-likeness (QED) is 0.0427. The van der Waals surface area contributed by atoms with E-state index in [-0.39, 0.29) is 23.6 Å². The number of imide groups is 2. The lowest BCUT2D eigenvalue weighted by Crippen LogP contribution is -2.41. The number of benzene rings is 5. The lowest BCUT2D eigenvalue weighted by Gasteiger charge is -2.31. The van der Waals surface area contributed by atoms with Gasteiger partial charge in [-0.25, -0.2) is 0 Å². The van der Waals surface area contributed by atoms with E-state index in [2.05, 4.69) is 26.8 Å². The van der Waals surface area contributed by atoms with Gasteiger partial charge in [0.2, 0.25) is 0 Å². The summed E-state index contributed by atoms with van der Waals surface area (Å²) in [5.41, 5.74) is 3.35. The molecule has 260 valence electrons. The van der Waals surface area contributed by atoms with E-state index in [1.165, 1.54) is 54.7 Å². The Balaban J connectivity index is 1.27. The second-order valence-corrected chi connectivity index (χ2v) is 14.6. The number of carbonyl (C=O) groups is 4. The molecule has 0 spiro atoms. The molecule has 50 heavy (non-hydrogen) atoms. The Morgan fingerprint density at radius 2 is 0.860 bits per heavy atom. The number of amides is 4. The Labute approximate surface area is 295 Å². The van der Waals surface area contributed by atoms with Crippen molar-refractivity contribution in [3.63, 3.8) is 0 Å². The highest BCUT2D eigenvalue weighted by Gasteiger charge is 2.37. The molecule has 0 atom stereocenters. The van der Waals surface area contributed by atoms with E-state index in [1.54, 1.807) is 0 Å². The fraction of sp³-hybridized carbons (Fsp3) is 0.455. The van der Waals surface area contributed by atoms with Gasteiger partial charge in [-0.05, 0) is 87.8 Å².